The first kappa shape index (κ1) is 15.1. The normalized spacial score (nSPS) is 9.76. The molecule has 0 bridgehead atoms. The van der Waals surface area contributed by atoms with Crippen LogP contribution in [0, 0.1) is 11.3 Å². The maximum Gasteiger partial charge on any atom is 0.228 e. The maximum absolute atomic E-state index is 12.1. The zero-order valence-electron chi connectivity index (χ0n) is 11.4. The number of hydrogen-bond acceptors (Lipinski definition) is 3. The zero-order chi connectivity index (χ0) is 15.2. The number of amides is 1. The number of nitrogens with one attached hydrogen (secondary N) is 1. The van der Waals surface area contributed by atoms with Crippen LogP contribution < -0.4 is 10.1 Å². The van der Waals surface area contributed by atoms with Crippen LogP contribution in [0.1, 0.15) is 11.1 Å². The smallest absolute Gasteiger partial charge is 0.228 e. The predicted octanol–water partition coefficient (Wildman–Crippen LogP) is 3.51. The summed E-state index contributed by atoms with van der Waals surface area (Å²) < 4.78 is 6.10. The van der Waals surface area contributed by atoms with Gasteiger partial charge in [0.15, 0.2) is 0 Å². The molecule has 0 aliphatic heterocycles. The van der Waals surface area contributed by atoms with Gasteiger partial charge in [0.2, 0.25) is 5.91 Å². The molecule has 0 aliphatic rings. The molecule has 0 saturated heterocycles. The Labute approximate surface area is 131 Å². The lowest BCUT2D eigenvalue weighted by atomic mass is 10.1. The molecule has 106 valence electrons. The van der Waals surface area contributed by atoms with E-state index in [0.717, 1.165) is 10.0 Å². The second-order valence-electron chi connectivity index (χ2n) is 4.35. The van der Waals surface area contributed by atoms with E-state index in [-0.39, 0.29) is 12.3 Å². The molecule has 2 aromatic rings. The van der Waals surface area contributed by atoms with E-state index < -0.39 is 0 Å². The zero-order valence-corrected chi connectivity index (χ0v) is 13.0. The van der Waals surface area contributed by atoms with Gasteiger partial charge in [-0.2, -0.15) is 5.26 Å². The van der Waals surface area contributed by atoms with Gasteiger partial charge in [-0.3, -0.25) is 4.79 Å². The Hall–Kier alpha value is -2.32. The summed E-state index contributed by atoms with van der Waals surface area (Å²) in [5.41, 5.74) is 1.66. The topological polar surface area (TPSA) is 62.1 Å². The minimum Gasteiger partial charge on any atom is -0.495 e. The Bertz CT molecular complexity index is 708. The molecular formula is C16H13BrN2O2. The van der Waals surface area contributed by atoms with E-state index >= 15 is 0 Å². The van der Waals surface area contributed by atoms with Crippen molar-refractivity contribution >= 4 is 27.5 Å². The number of halogens is 1. The second kappa shape index (κ2) is 6.91. The first-order valence-corrected chi connectivity index (χ1v) is 7.04. The average molecular weight is 345 g/mol. The monoisotopic (exact) mass is 344 g/mol. The van der Waals surface area contributed by atoms with Gasteiger partial charge < -0.3 is 10.1 Å². The van der Waals surface area contributed by atoms with Gasteiger partial charge in [-0.25, -0.2) is 0 Å². The minimum atomic E-state index is -0.200. The van der Waals surface area contributed by atoms with Crippen molar-refractivity contribution in [1.82, 2.24) is 0 Å². The number of hydrogen-bond donors (Lipinski definition) is 1. The molecule has 0 radical (unpaired) electrons. The van der Waals surface area contributed by atoms with Crippen molar-refractivity contribution in [3.63, 3.8) is 0 Å². The number of nitrogens with zero attached hydrogens (tertiary/aromatic N) is 1. The molecule has 0 heterocycles. The van der Waals surface area contributed by atoms with Gasteiger partial charge in [-0.05, 0) is 29.8 Å². The largest absolute Gasteiger partial charge is 0.495 e. The fraction of sp³-hybridized carbons (Fsp3) is 0.125. The standard InChI is InChI=1S/C16H13BrN2O2/c1-21-14-7-3-5-12(10-18)16(14)19-15(20)9-11-4-2-6-13(17)8-11/h2-8H,9H2,1H3,(H,19,20). The van der Waals surface area contributed by atoms with Crippen molar-refractivity contribution in [3.05, 3.63) is 58.1 Å². The predicted molar refractivity (Wildman–Crippen MR) is 84.2 cm³/mol. The average Bonchev–Trinajstić information content (AvgIpc) is 2.47. The fourth-order valence-corrected chi connectivity index (χ4v) is 2.39. The number of carbonyl (C=O) groups excluding carboxylic acids is 1. The Balaban J connectivity index is 2.18. The summed E-state index contributed by atoms with van der Waals surface area (Å²) in [5, 5.41) is 11.9. The number of rotatable bonds is 4. The van der Waals surface area contributed by atoms with Crippen LogP contribution in [-0.4, -0.2) is 13.0 Å². The summed E-state index contributed by atoms with van der Waals surface area (Å²) >= 11 is 3.37. The molecule has 0 aliphatic carbocycles. The van der Waals surface area contributed by atoms with Crippen LogP contribution in [0.4, 0.5) is 5.69 Å². The minimum absolute atomic E-state index is 0.200. The third-order valence-corrected chi connectivity index (χ3v) is 3.38. The molecule has 1 N–H and O–H groups in total. The van der Waals surface area contributed by atoms with E-state index in [4.69, 9.17) is 10.00 Å². The highest BCUT2D eigenvalue weighted by atomic mass is 79.9. The number of anilines is 1. The molecule has 0 saturated carbocycles. The Kier molecular flexibility index (Phi) is 4.96. The Morgan fingerprint density at radius 1 is 1.33 bits per heavy atom. The van der Waals surface area contributed by atoms with Crippen LogP contribution in [0.5, 0.6) is 5.75 Å². The van der Waals surface area contributed by atoms with Crippen molar-refractivity contribution < 1.29 is 9.53 Å². The van der Waals surface area contributed by atoms with E-state index in [9.17, 15) is 4.79 Å². The molecule has 0 fully saturated rings. The number of para-hydroxylation sites is 1. The summed E-state index contributed by atoms with van der Waals surface area (Å²) in [7, 11) is 1.50. The number of benzene rings is 2. The van der Waals surface area contributed by atoms with Crippen molar-refractivity contribution in [3.8, 4) is 11.8 Å². The van der Waals surface area contributed by atoms with Crippen molar-refractivity contribution in [2.45, 2.75) is 6.42 Å². The van der Waals surface area contributed by atoms with Crippen molar-refractivity contribution in [2.75, 3.05) is 12.4 Å². The fourth-order valence-electron chi connectivity index (χ4n) is 1.94. The van der Waals surface area contributed by atoms with Crippen LogP contribution in [0.25, 0.3) is 0 Å². The van der Waals surface area contributed by atoms with Crippen LogP contribution in [0.3, 0.4) is 0 Å². The van der Waals surface area contributed by atoms with E-state index in [1.54, 1.807) is 18.2 Å². The summed E-state index contributed by atoms with van der Waals surface area (Å²) in [5.74, 6) is 0.269. The van der Waals surface area contributed by atoms with E-state index in [1.807, 2.05) is 30.3 Å². The first-order valence-electron chi connectivity index (χ1n) is 6.25. The molecule has 0 atom stereocenters. The third kappa shape index (κ3) is 3.83. The molecular weight excluding hydrogens is 332 g/mol. The summed E-state index contributed by atoms with van der Waals surface area (Å²) in [4.78, 5) is 12.1. The SMILES string of the molecule is COc1cccc(C#N)c1NC(=O)Cc1cccc(Br)c1. The molecule has 21 heavy (non-hydrogen) atoms. The van der Waals surface area contributed by atoms with E-state index in [0.29, 0.717) is 17.0 Å². The van der Waals surface area contributed by atoms with Gasteiger partial charge in [0, 0.05) is 4.47 Å². The quantitative estimate of drug-likeness (QED) is 0.922. The van der Waals surface area contributed by atoms with Crippen LogP contribution in [0.2, 0.25) is 0 Å². The molecule has 2 rings (SSSR count). The highest BCUT2D eigenvalue weighted by Gasteiger charge is 2.12. The van der Waals surface area contributed by atoms with Gasteiger partial charge >= 0.3 is 0 Å². The highest BCUT2D eigenvalue weighted by Crippen LogP contribution is 2.28. The number of methoxy groups -OCH3 is 1. The van der Waals surface area contributed by atoms with E-state index in [2.05, 4.69) is 21.2 Å². The van der Waals surface area contributed by atoms with Crippen LogP contribution in [-0.2, 0) is 11.2 Å². The van der Waals surface area contributed by atoms with Gasteiger partial charge in [-0.15, -0.1) is 0 Å². The number of ether oxygens (including phenoxy) is 1. The van der Waals surface area contributed by atoms with Crippen LogP contribution in [0.15, 0.2) is 46.9 Å². The molecule has 1 amide bonds. The van der Waals surface area contributed by atoms with Crippen LogP contribution >= 0.6 is 15.9 Å². The Morgan fingerprint density at radius 2 is 2.10 bits per heavy atom. The lowest BCUT2D eigenvalue weighted by Crippen LogP contribution is -2.16. The maximum atomic E-state index is 12.1. The van der Waals surface area contributed by atoms with Gasteiger partial charge in [0.05, 0.1) is 19.1 Å². The summed E-state index contributed by atoms with van der Waals surface area (Å²) in [6.07, 6.45) is 0.225. The molecule has 0 spiro atoms. The molecule has 0 unspecified atom stereocenters. The third-order valence-electron chi connectivity index (χ3n) is 2.88. The van der Waals surface area contributed by atoms with Crippen molar-refractivity contribution in [1.29, 1.82) is 5.26 Å². The van der Waals surface area contributed by atoms with Gasteiger partial charge in [0.25, 0.3) is 0 Å². The molecule has 0 aromatic heterocycles. The molecule has 2 aromatic carbocycles. The first-order chi connectivity index (χ1) is 10.1. The lowest BCUT2D eigenvalue weighted by Gasteiger charge is -2.11. The molecule has 4 nitrogen and oxygen atoms in total. The van der Waals surface area contributed by atoms with Crippen molar-refractivity contribution in [2.24, 2.45) is 0 Å². The van der Waals surface area contributed by atoms with Gasteiger partial charge in [0.1, 0.15) is 17.5 Å². The van der Waals surface area contributed by atoms with Gasteiger partial charge in [-0.1, -0.05) is 34.1 Å². The van der Waals surface area contributed by atoms with E-state index in [1.165, 1.54) is 7.11 Å². The summed E-state index contributed by atoms with van der Waals surface area (Å²) in [6, 6.07) is 14.6. The number of carbonyl (C=O) groups is 1. The molecule has 5 heteroatoms. The lowest BCUT2D eigenvalue weighted by molar-refractivity contribution is -0.115. The highest BCUT2D eigenvalue weighted by molar-refractivity contribution is 9.10. The number of nitriles is 1. The second-order valence-corrected chi connectivity index (χ2v) is 5.27. The Morgan fingerprint density at radius 3 is 2.76 bits per heavy atom. The summed E-state index contributed by atoms with van der Waals surface area (Å²) in [6.45, 7) is 0.